The normalized spacial score (nSPS) is 18.6. The first-order valence-corrected chi connectivity index (χ1v) is 10.0. The topological polar surface area (TPSA) is 98.3 Å². The second-order valence-corrected chi connectivity index (χ2v) is 8.55. The molecule has 32 heavy (non-hydrogen) atoms. The summed E-state index contributed by atoms with van der Waals surface area (Å²) in [7, 11) is 0. The number of aromatic nitrogens is 2. The molecule has 0 spiro atoms. The fourth-order valence-electron chi connectivity index (χ4n) is 4.31. The summed E-state index contributed by atoms with van der Waals surface area (Å²) >= 11 is 5.82. The summed E-state index contributed by atoms with van der Waals surface area (Å²) in [5, 5.41) is 4.16. The van der Waals surface area contributed by atoms with Gasteiger partial charge in [0.2, 0.25) is 11.8 Å². The van der Waals surface area contributed by atoms with E-state index >= 15 is 0 Å². The van der Waals surface area contributed by atoms with Gasteiger partial charge in [-0.2, -0.15) is 9.49 Å². The Kier molecular flexibility index (Phi) is 5.27. The zero-order valence-corrected chi connectivity index (χ0v) is 17.3. The predicted octanol–water partition coefficient (Wildman–Crippen LogP) is 3.09. The van der Waals surface area contributed by atoms with Crippen molar-refractivity contribution in [2.45, 2.75) is 38.3 Å². The summed E-state index contributed by atoms with van der Waals surface area (Å²) < 4.78 is 55.1. The molecule has 4 rings (SSSR count). The van der Waals surface area contributed by atoms with Crippen LogP contribution in [-0.4, -0.2) is 45.0 Å². The van der Waals surface area contributed by atoms with E-state index in [-0.39, 0.29) is 41.6 Å². The first-order valence-electron chi connectivity index (χ1n) is 9.63. The zero-order valence-electron chi connectivity index (χ0n) is 16.5. The Bertz CT molecular complexity index is 1140. The molecule has 1 aliphatic heterocycles. The number of nitrogens with two attached hydrogens (primary N) is 1. The van der Waals surface area contributed by atoms with Crippen molar-refractivity contribution in [3.8, 4) is 11.3 Å². The van der Waals surface area contributed by atoms with Gasteiger partial charge < -0.3 is 10.6 Å². The fourth-order valence-corrected chi connectivity index (χ4v) is 4.49. The van der Waals surface area contributed by atoms with Gasteiger partial charge in [-0.05, 0) is 18.2 Å². The van der Waals surface area contributed by atoms with Gasteiger partial charge in [0.25, 0.3) is 5.91 Å². The van der Waals surface area contributed by atoms with Crippen molar-refractivity contribution in [1.29, 1.82) is 0 Å². The van der Waals surface area contributed by atoms with Crippen LogP contribution < -0.4 is 5.73 Å². The van der Waals surface area contributed by atoms with E-state index in [1.165, 1.54) is 21.7 Å². The highest BCUT2D eigenvalue weighted by molar-refractivity contribution is 6.31. The first-order chi connectivity index (χ1) is 14.9. The lowest BCUT2D eigenvalue weighted by molar-refractivity contribution is -0.191. The van der Waals surface area contributed by atoms with Gasteiger partial charge in [0.15, 0.2) is 0 Å². The standard InChI is InChI=1S/C20H17ClF4N4O3/c21-11-5-10(1-2-12(11)22)16-15(17(26)31)13-7-28(3-4-29(13)27-16)14(30)6-19(18(23)32)8-20(24,25)9-19/h1-2,5H,3-4,6-9H2,(H2,26,31). The van der Waals surface area contributed by atoms with E-state index in [9.17, 15) is 31.9 Å². The van der Waals surface area contributed by atoms with Crippen LogP contribution >= 0.6 is 11.6 Å². The van der Waals surface area contributed by atoms with Crippen molar-refractivity contribution in [3.63, 3.8) is 0 Å². The Labute approximate surface area is 184 Å². The second kappa shape index (κ2) is 7.58. The molecule has 1 fully saturated rings. The van der Waals surface area contributed by atoms with Crippen LogP contribution in [0.15, 0.2) is 18.2 Å². The van der Waals surface area contributed by atoms with E-state index < -0.39 is 54.3 Å². The van der Waals surface area contributed by atoms with Crippen molar-refractivity contribution in [2.24, 2.45) is 11.1 Å². The zero-order chi connectivity index (χ0) is 23.4. The monoisotopic (exact) mass is 472 g/mol. The van der Waals surface area contributed by atoms with Gasteiger partial charge in [-0.3, -0.25) is 19.1 Å². The summed E-state index contributed by atoms with van der Waals surface area (Å²) in [5.74, 6) is -5.38. The molecule has 0 atom stereocenters. The molecule has 0 bridgehead atoms. The molecule has 0 unspecified atom stereocenters. The maximum absolute atomic E-state index is 13.5. The Morgan fingerprint density at radius 2 is 1.88 bits per heavy atom. The number of carbonyl (C=O) groups is 3. The van der Waals surface area contributed by atoms with Gasteiger partial charge >= 0.3 is 6.04 Å². The average molecular weight is 473 g/mol. The number of hydrogen-bond acceptors (Lipinski definition) is 4. The van der Waals surface area contributed by atoms with Crippen LogP contribution in [0.3, 0.4) is 0 Å². The fraction of sp³-hybridized carbons (Fsp3) is 0.400. The molecule has 1 aliphatic carbocycles. The molecule has 1 aromatic carbocycles. The molecule has 1 aromatic heterocycles. The Morgan fingerprint density at radius 1 is 1.19 bits per heavy atom. The van der Waals surface area contributed by atoms with Crippen LogP contribution in [0, 0.1) is 11.2 Å². The number of alkyl halides is 2. The number of fused-ring (bicyclic) bond motifs is 1. The van der Waals surface area contributed by atoms with Crippen molar-refractivity contribution in [3.05, 3.63) is 40.3 Å². The van der Waals surface area contributed by atoms with Crippen LogP contribution in [0.5, 0.6) is 0 Å². The van der Waals surface area contributed by atoms with Crippen molar-refractivity contribution < 1.29 is 31.9 Å². The van der Waals surface area contributed by atoms with Crippen molar-refractivity contribution >= 4 is 29.5 Å². The van der Waals surface area contributed by atoms with E-state index in [0.29, 0.717) is 5.56 Å². The lowest BCUT2D eigenvalue weighted by Gasteiger charge is -2.44. The molecule has 2 aromatic rings. The number of halogens is 5. The van der Waals surface area contributed by atoms with E-state index in [0.717, 1.165) is 6.07 Å². The van der Waals surface area contributed by atoms with E-state index in [2.05, 4.69) is 5.10 Å². The molecule has 7 nitrogen and oxygen atoms in total. The van der Waals surface area contributed by atoms with Gasteiger partial charge in [0.1, 0.15) is 11.5 Å². The molecule has 2 aliphatic rings. The summed E-state index contributed by atoms with van der Waals surface area (Å²) in [6, 6.07) is 1.83. The second-order valence-electron chi connectivity index (χ2n) is 8.14. The van der Waals surface area contributed by atoms with Gasteiger partial charge in [-0.15, -0.1) is 0 Å². The summed E-state index contributed by atoms with van der Waals surface area (Å²) in [6.07, 6.45) is -2.73. The van der Waals surface area contributed by atoms with Gasteiger partial charge in [0.05, 0.1) is 34.8 Å². The molecule has 0 radical (unpaired) electrons. The van der Waals surface area contributed by atoms with Gasteiger partial charge in [0, 0.05) is 31.4 Å². The van der Waals surface area contributed by atoms with Crippen molar-refractivity contribution in [2.75, 3.05) is 6.54 Å². The number of primary amides is 1. The minimum absolute atomic E-state index is 0.00312. The largest absolute Gasteiger partial charge is 0.365 e. The predicted molar refractivity (Wildman–Crippen MR) is 104 cm³/mol. The molecular weight excluding hydrogens is 456 g/mol. The van der Waals surface area contributed by atoms with Crippen LogP contribution in [0.4, 0.5) is 17.6 Å². The Morgan fingerprint density at radius 3 is 2.44 bits per heavy atom. The number of benzene rings is 1. The molecule has 0 saturated heterocycles. The summed E-state index contributed by atoms with van der Waals surface area (Å²) in [6.45, 7) is 0.0945. The minimum atomic E-state index is -3.19. The third-order valence-electron chi connectivity index (χ3n) is 5.87. The molecule has 2 heterocycles. The minimum Gasteiger partial charge on any atom is -0.365 e. The Hall–Kier alpha value is -2.95. The van der Waals surface area contributed by atoms with E-state index in [1.807, 2.05) is 0 Å². The van der Waals surface area contributed by atoms with Crippen LogP contribution in [-0.2, 0) is 22.7 Å². The smallest absolute Gasteiger partial charge is 0.308 e. The SMILES string of the molecule is NC(=O)c1c(-c2ccc(F)c(Cl)c2)nn2c1CN(C(=O)CC1(C(=O)F)CC(F)(F)C1)CC2. The molecule has 1 saturated carbocycles. The number of amides is 2. The van der Waals surface area contributed by atoms with Gasteiger partial charge in [-0.25, -0.2) is 13.2 Å². The first kappa shape index (κ1) is 22.3. The number of nitrogens with zero attached hydrogens (tertiary/aromatic N) is 3. The highest BCUT2D eigenvalue weighted by Crippen LogP contribution is 2.55. The molecular formula is C20H17ClF4N4O3. The average Bonchev–Trinajstić information content (AvgIpc) is 3.07. The lowest BCUT2D eigenvalue weighted by atomic mass is 9.64. The summed E-state index contributed by atoms with van der Waals surface area (Å²) in [5.41, 5.74) is 4.27. The van der Waals surface area contributed by atoms with Crippen LogP contribution in [0.2, 0.25) is 5.02 Å². The van der Waals surface area contributed by atoms with E-state index in [1.54, 1.807) is 0 Å². The maximum atomic E-state index is 13.5. The Balaban J connectivity index is 1.61. The van der Waals surface area contributed by atoms with Crippen LogP contribution in [0.25, 0.3) is 11.3 Å². The third kappa shape index (κ3) is 3.74. The molecule has 2 amide bonds. The highest BCUT2D eigenvalue weighted by Gasteiger charge is 2.62. The third-order valence-corrected chi connectivity index (χ3v) is 6.16. The lowest BCUT2D eigenvalue weighted by Crippen LogP contribution is -2.53. The molecule has 12 heteroatoms. The maximum Gasteiger partial charge on any atom is 0.308 e. The highest BCUT2D eigenvalue weighted by atomic mass is 35.5. The van der Waals surface area contributed by atoms with Crippen molar-refractivity contribution in [1.82, 2.24) is 14.7 Å². The molecule has 2 N–H and O–H groups in total. The number of hydrogen-bond donors (Lipinski definition) is 1. The van der Waals surface area contributed by atoms with E-state index in [4.69, 9.17) is 17.3 Å². The number of carbonyl (C=O) groups excluding carboxylic acids is 3. The number of rotatable bonds is 5. The summed E-state index contributed by atoms with van der Waals surface area (Å²) in [4.78, 5) is 37.5. The van der Waals surface area contributed by atoms with Crippen LogP contribution in [0.1, 0.15) is 35.3 Å². The van der Waals surface area contributed by atoms with Gasteiger partial charge in [-0.1, -0.05) is 11.6 Å². The quantitative estimate of drug-likeness (QED) is 0.534. The molecule has 170 valence electrons.